The van der Waals surface area contributed by atoms with E-state index in [2.05, 4.69) is 4.98 Å². The largest absolute Gasteiger partial charge is 0.396 e. The second kappa shape index (κ2) is 5.46. The number of anilines is 2. The molecule has 2 rings (SSSR count). The average Bonchev–Trinajstić information content (AvgIpc) is 2.34. The zero-order chi connectivity index (χ0) is 13.1. The lowest BCUT2D eigenvalue weighted by Crippen LogP contribution is -2.18. The molecular weight excluding hydrogens is 269 g/mol. The van der Waals surface area contributed by atoms with Crippen molar-refractivity contribution in [2.75, 3.05) is 17.7 Å². The molecule has 3 nitrogen and oxygen atoms in total. The normalized spacial score (nSPS) is 10.4. The summed E-state index contributed by atoms with van der Waals surface area (Å²) in [6.07, 6.45) is 3.33. The Morgan fingerprint density at radius 1 is 1.22 bits per heavy atom. The van der Waals surface area contributed by atoms with Crippen molar-refractivity contribution in [3.8, 4) is 0 Å². The van der Waals surface area contributed by atoms with E-state index in [1.807, 2.05) is 36.2 Å². The average molecular weight is 282 g/mol. The second-order valence-corrected chi connectivity index (χ2v) is 4.81. The molecule has 0 aliphatic carbocycles. The fourth-order valence-electron chi connectivity index (χ4n) is 1.75. The number of hydrogen-bond acceptors (Lipinski definition) is 3. The Morgan fingerprint density at radius 3 is 2.50 bits per heavy atom. The van der Waals surface area contributed by atoms with E-state index in [0.717, 1.165) is 11.3 Å². The highest BCUT2D eigenvalue weighted by atomic mass is 35.5. The standard InChI is InChI=1S/C13H13Cl2N3/c1-18(13-5-6-17-7-12(13)16)8-9-10(14)3-2-4-11(9)15/h2-7H,8,16H2,1H3. The second-order valence-electron chi connectivity index (χ2n) is 3.99. The van der Waals surface area contributed by atoms with Crippen molar-refractivity contribution in [2.45, 2.75) is 6.54 Å². The van der Waals surface area contributed by atoms with Crippen LogP contribution in [0.25, 0.3) is 0 Å². The van der Waals surface area contributed by atoms with Crippen LogP contribution in [-0.2, 0) is 6.54 Å². The highest BCUT2D eigenvalue weighted by Crippen LogP contribution is 2.28. The molecule has 1 aromatic heterocycles. The van der Waals surface area contributed by atoms with E-state index < -0.39 is 0 Å². The Bertz CT molecular complexity index is 537. The van der Waals surface area contributed by atoms with Crippen LogP contribution in [0.2, 0.25) is 10.0 Å². The van der Waals surface area contributed by atoms with Gasteiger partial charge in [0.15, 0.2) is 0 Å². The summed E-state index contributed by atoms with van der Waals surface area (Å²) in [5.74, 6) is 0. The van der Waals surface area contributed by atoms with Gasteiger partial charge >= 0.3 is 0 Å². The summed E-state index contributed by atoms with van der Waals surface area (Å²) in [6.45, 7) is 0.590. The molecule has 1 aromatic carbocycles. The van der Waals surface area contributed by atoms with Gasteiger partial charge in [-0.25, -0.2) is 0 Å². The minimum Gasteiger partial charge on any atom is -0.396 e. The molecule has 0 saturated carbocycles. The summed E-state index contributed by atoms with van der Waals surface area (Å²) < 4.78 is 0. The van der Waals surface area contributed by atoms with Crippen molar-refractivity contribution in [1.82, 2.24) is 4.98 Å². The first kappa shape index (κ1) is 13.0. The zero-order valence-corrected chi connectivity index (χ0v) is 11.4. The van der Waals surface area contributed by atoms with Gasteiger partial charge in [-0.1, -0.05) is 29.3 Å². The maximum Gasteiger partial charge on any atom is 0.0738 e. The Labute approximate surface area is 116 Å². The van der Waals surface area contributed by atoms with E-state index in [9.17, 15) is 0 Å². The molecule has 0 saturated heterocycles. The van der Waals surface area contributed by atoms with E-state index in [1.54, 1.807) is 12.4 Å². The van der Waals surface area contributed by atoms with Crippen LogP contribution < -0.4 is 10.6 Å². The number of nitrogen functional groups attached to an aromatic ring is 1. The highest BCUT2D eigenvalue weighted by molar-refractivity contribution is 6.36. The van der Waals surface area contributed by atoms with Gasteiger partial charge in [0.1, 0.15) is 0 Å². The van der Waals surface area contributed by atoms with Gasteiger partial charge in [-0.15, -0.1) is 0 Å². The van der Waals surface area contributed by atoms with Gasteiger partial charge in [-0.2, -0.15) is 0 Å². The van der Waals surface area contributed by atoms with E-state index in [1.165, 1.54) is 0 Å². The minimum absolute atomic E-state index is 0.590. The Hall–Kier alpha value is -1.45. The maximum absolute atomic E-state index is 6.15. The molecular formula is C13H13Cl2N3. The molecule has 0 bridgehead atoms. The fourth-order valence-corrected chi connectivity index (χ4v) is 2.27. The van der Waals surface area contributed by atoms with Crippen LogP contribution in [0.1, 0.15) is 5.56 Å². The molecule has 0 aliphatic heterocycles. The van der Waals surface area contributed by atoms with E-state index in [0.29, 0.717) is 22.3 Å². The molecule has 2 N–H and O–H groups in total. The van der Waals surface area contributed by atoms with Crippen LogP contribution in [0.4, 0.5) is 11.4 Å². The Balaban J connectivity index is 2.27. The van der Waals surface area contributed by atoms with Crippen LogP contribution >= 0.6 is 23.2 Å². The van der Waals surface area contributed by atoms with Crippen LogP contribution in [0, 0.1) is 0 Å². The summed E-state index contributed by atoms with van der Waals surface area (Å²) in [6, 6.07) is 7.34. The predicted octanol–water partition coefficient (Wildman–Crippen LogP) is 3.61. The van der Waals surface area contributed by atoms with Crippen molar-refractivity contribution < 1.29 is 0 Å². The van der Waals surface area contributed by atoms with Gasteiger partial charge in [-0.3, -0.25) is 4.98 Å². The zero-order valence-electron chi connectivity index (χ0n) is 9.90. The number of hydrogen-bond donors (Lipinski definition) is 1. The summed E-state index contributed by atoms with van der Waals surface area (Å²) in [4.78, 5) is 5.96. The molecule has 0 aliphatic rings. The topological polar surface area (TPSA) is 42.2 Å². The molecule has 0 amide bonds. The summed E-state index contributed by atoms with van der Waals surface area (Å²) >= 11 is 12.3. The van der Waals surface area contributed by atoms with Gasteiger partial charge in [0.2, 0.25) is 0 Å². The first-order valence-electron chi connectivity index (χ1n) is 5.43. The van der Waals surface area contributed by atoms with Crippen LogP contribution in [0.5, 0.6) is 0 Å². The smallest absolute Gasteiger partial charge is 0.0738 e. The van der Waals surface area contributed by atoms with Gasteiger partial charge in [0.25, 0.3) is 0 Å². The lowest BCUT2D eigenvalue weighted by Gasteiger charge is -2.22. The minimum atomic E-state index is 0.590. The first-order chi connectivity index (χ1) is 8.59. The Kier molecular flexibility index (Phi) is 3.94. The lowest BCUT2D eigenvalue weighted by molar-refractivity contribution is 0.923. The molecule has 5 heteroatoms. The molecule has 0 fully saturated rings. The highest BCUT2D eigenvalue weighted by Gasteiger charge is 2.10. The molecule has 0 atom stereocenters. The summed E-state index contributed by atoms with van der Waals surface area (Å²) in [5, 5.41) is 1.31. The number of nitrogens with two attached hydrogens (primary N) is 1. The van der Waals surface area contributed by atoms with Crippen molar-refractivity contribution in [2.24, 2.45) is 0 Å². The number of aromatic nitrogens is 1. The number of rotatable bonds is 3. The molecule has 2 aromatic rings. The summed E-state index contributed by atoms with van der Waals surface area (Å²) in [5.41, 5.74) is 8.30. The molecule has 94 valence electrons. The third kappa shape index (κ3) is 2.68. The summed E-state index contributed by atoms with van der Waals surface area (Å²) in [7, 11) is 1.94. The number of nitrogens with zero attached hydrogens (tertiary/aromatic N) is 2. The third-order valence-electron chi connectivity index (χ3n) is 2.70. The third-order valence-corrected chi connectivity index (χ3v) is 3.40. The predicted molar refractivity (Wildman–Crippen MR) is 77.2 cm³/mol. The molecule has 0 unspecified atom stereocenters. The number of pyridine rings is 1. The molecule has 18 heavy (non-hydrogen) atoms. The maximum atomic E-state index is 6.15. The van der Waals surface area contributed by atoms with Crippen LogP contribution in [-0.4, -0.2) is 12.0 Å². The first-order valence-corrected chi connectivity index (χ1v) is 6.18. The quantitative estimate of drug-likeness (QED) is 0.935. The van der Waals surface area contributed by atoms with Crippen molar-refractivity contribution in [3.63, 3.8) is 0 Å². The van der Waals surface area contributed by atoms with E-state index in [4.69, 9.17) is 28.9 Å². The molecule has 0 radical (unpaired) electrons. The van der Waals surface area contributed by atoms with Crippen LogP contribution in [0.3, 0.4) is 0 Å². The van der Waals surface area contributed by atoms with Gasteiger partial charge in [-0.05, 0) is 18.2 Å². The Morgan fingerprint density at radius 2 is 1.89 bits per heavy atom. The number of halogens is 2. The van der Waals surface area contributed by atoms with Crippen molar-refractivity contribution in [3.05, 3.63) is 52.3 Å². The van der Waals surface area contributed by atoms with Gasteiger partial charge < -0.3 is 10.6 Å². The van der Waals surface area contributed by atoms with Gasteiger partial charge in [0, 0.05) is 35.4 Å². The number of benzene rings is 1. The fraction of sp³-hybridized carbons (Fsp3) is 0.154. The van der Waals surface area contributed by atoms with E-state index >= 15 is 0 Å². The van der Waals surface area contributed by atoms with Crippen LogP contribution in [0.15, 0.2) is 36.7 Å². The van der Waals surface area contributed by atoms with E-state index in [-0.39, 0.29) is 0 Å². The molecule has 1 heterocycles. The SMILES string of the molecule is CN(Cc1c(Cl)cccc1Cl)c1ccncc1N. The molecule has 0 spiro atoms. The van der Waals surface area contributed by atoms with Crippen molar-refractivity contribution >= 4 is 34.6 Å². The lowest BCUT2D eigenvalue weighted by atomic mass is 10.2. The monoisotopic (exact) mass is 281 g/mol. The van der Waals surface area contributed by atoms with Gasteiger partial charge in [0.05, 0.1) is 17.6 Å². The van der Waals surface area contributed by atoms with Crippen molar-refractivity contribution in [1.29, 1.82) is 0 Å².